The van der Waals surface area contributed by atoms with Crippen molar-refractivity contribution in [1.29, 1.82) is 0 Å². The maximum Gasteiger partial charge on any atom is 0.214 e. The third-order valence-electron chi connectivity index (χ3n) is 3.43. The van der Waals surface area contributed by atoms with E-state index in [4.69, 9.17) is 27.9 Å². The maximum absolute atomic E-state index is 9.49. The molecule has 3 rings (SSSR count). The summed E-state index contributed by atoms with van der Waals surface area (Å²) in [6.07, 6.45) is 0. The molecule has 1 heterocycles. The number of aromatic nitrogens is 1. The summed E-state index contributed by atoms with van der Waals surface area (Å²) in [5.74, 6) is 0.441. The molecule has 0 aliphatic carbocycles. The van der Waals surface area contributed by atoms with Gasteiger partial charge in [-0.15, -0.1) is 0 Å². The molecule has 5 heteroatoms. The molecular formula is C19H15Cl2NO2. The zero-order chi connectivity index (χ0) is 16.9. The smallest absolute Gasteiger partial charge is 0.214 e. The Bertz CT molecular complexity index is 818. The first-order valence-corrected chi connectivity index (χ1v) is 8.14. The second-order valence-electron chi connectivity index (χ2n) is 5.29. The number of halogens is 2. The van der Waals surface area contributed by atoms with Gasteiger partial charge in [-0.05, 0) is 35.4 Å². The Morgan fingerprint density at radius 2 is 1.58 bits per heavy atom. The molecule has 0 unspecified atom stereocenters. The summed E-state index contributed by atoms with van der Waals surface area (Å²) in [5, 5.41) is 10.5. The van der Waals surface area contributed by atoms with Crippen LogP contribution in [0.25, 0.3) is 11.3 Å². The highest BCUT2D eigenvalue weighted by Gasteiger charge is 2.08. The molecule has 0 radical (unpaired) electrons. The van der Waals surface area contributed by atoms with Crippen molar-refractivity contribution in [1.82, 2.24) is 4.98 Å². The Labute approximate surface area is 150 Å². The average Bonchev–Trinajstić information content (AvgIpc) is 2.60. The number of aliphatic hydroxyl groups is 1. The van der Waals surface area contributed by atoms with Crippen molar-refractivity contribution in [3.63, 3.8) is 0 Å². The second kappa shape index (κ2) is 7.67. The van der Waals surface area contributed by atoms with E-state index in [1.165, 1.54) is 0 Å². The van der Waals surface area contributed by atoms with Crippen LogP contribution >= 0.6 is 23.2 Å². The van der Waals surface area contributed by atoms with Gasteiger partial charge < -0.3 is 9.84 Å². The van der Waals surface area contributed by atoms with Gasteiger partial charge in [-0.25, -0.2) is 4.98 Å². The van der Waals surface area contributed by atoms with Gasteiger partial charge in [-0.2, -0.15) is 0 Å². The zero-order valence-electron chi connectivity index (χ0n) is 12.7. The molecule has 0 saturated heterocycles. The van der Waals surface area contributed by atoms with Gasteiger partial charge in [0, 0.05) is 21.7 Å². The van der Waals surface area contributed by atoms with Crippen molar-refractivity contribution >= 4 is 23.2 Å². The Morgan fingerprint density at radius 1 is 0.875 bits per heavy atom. The van der Waals surface area contributed by atoms with E-state index < -0.39 is 0 Å². The standard InChI is InChI=1S/C19H15Cl2NO2/c20-16-8-15(9-17(21)10-16)18-6-14(11-23)7-19(22-18)24-12-13-4-2-1-3-5-13/h1-10,23H,11-12H2. The van der Waals surface area contributed by atoms with Gasteiger partial charge in [0.2, 0.25) is 5.88 Å². The van der Waals surface area contributed by atoms with Crippen LogP contribution in [0, 0.1) is 0 Å². The van der Waals surface area contributed by atoms with Crippen LogP contribution in [0.5, 0.6) is 5.88 Å². The second-order valence-corrected chi connectivity index (χ2v) is 6.16. The Balaban J connectivity index is 1.90. The predicted molar refractivity (Wildman–Crippen MR) is 96.4 cm³/mol. The molecule has 0 spiro atoms. The molecule has 0 bridgehead atoms. The van der Waals surface area contributed by atoms with E-state index in [0.29, 0.717) is 33.8 Å². The number of ether oxygens (including phenoxy) is 1. The highest BCUT2D eigenvalue weighted by Crippen LogP contribution is 2.28. The molecule has 24 heavy (non-hydrogen) atoms. The quantitative estimate of drug-likeness (QED) is 0.686. The lowest BCUT2D eigenvalue weighted by molar-refractivity contribution is 0.275. The Kier molecular flexibility index (Phi) is 5.36. The molecule has 1 aromatic heterocycles. The fourth-order valence-corrected chi connectivity index (χ4v) is 2.83. The molecule has 0 saturated carbocycles. The molecule has 3 aromatic rings. The van der Waals surface area contributed by atoms with Crippen molar-refractivity contribution in [3.05, 3.63) is 81.8 Å². The van der Waals surface area contributed by atoms with Gasteiger partial charge in [0.25, 0.3) is 0 Å². The van der Waals surface area contributed by atoms with Crippen LogP contribution in [-0.2, 0) is 13.2 Å². The Hall–Kier alpha value is -2.07. The summed E-state index contributed by atoms with van der Waals surface area (Å²) in [6, 6.07) is 18.5. The molecule has 2 aromatic carbocycles. The van der Waals surface area contributed by atoms with E-state index in [0.717, 1.165) is 11.1 Å². The molecule has 1 N–H and O–H groups in total. The first kappa shape index (κ1) is 16.8. The molecule has 122 valence electrons. The van der Waals surface area contributed by atoms with Crippen molar-refractivity contribution in [2.75, 3.05) is 0 Å². The number of pyridine rings is 1. The number of benzene rings is 2. The van der Waals surface area contributed by atoms with E-state index in [1.807, 2.05) is 30.3 Å². The largest absolute Gasteiger partial charge is 0.473 e. The molecule has 0 aliphatic heterocycles. The molecule has 3 nitrogen and oxygen atoms in total. The van der Waals surface area contributed by atoms with Crippen molar-refractivity contribution in [2.45, 2.75) is 13.2 Å². The third kappa shape index (κ3) is 4.26. The summed E-state index contributed by atoms with van der Waals surface area (Å²) in [5.41, 5.74) is 3.17. The van der Waals surface area contributed by atoms with Crippen LogP contribution in [0.2, 0.25) is 10.0 Å². The predicted octanol–water partition coefficient (Wildman–Crippen LogP) is 5.13. The van der Waals surface area contributed by atoms with Gasteiger partial charge in [0.1, 0.15) is 6.61 Å². The average molecular weight is 360 g/mol. The first-order chi connectivity index (χ1) is 11.6. The summed E-state index contributed by atoms with van der Waals surface area (Å²) < 4.78 is 5.77. The number of nitrogens with zero attached hydrogens (tertiary/aromatic N) is 1. The van der Waals surface area contributed by atoms with E-state index in [2.05, 4.69) is 4.98 Å². The summed E-state index contributed by atoms with van der Waals surface area (Å²) in [6.45, 7) is 0.296. The minimum absolute atomic E-state index is 0.106. The van der Waals surface area contributed by atoms with Crippen molar-refractivity contribution in [2.24, 2.45) is 0 Å². The fraction of sp³-hybridized carbons (Fsp3) is 0.105. The van der Waals surface area contributed by atoms with Crippen molar-refractivity contribution < 1.29 is 9.84 Å². The van der Waals surface area contributed by atoms with Crippen LogP contribution in [0.1, 0.15) is 11.1 Å². The fourth-order valence-electron chi connectivity index (χ4n) is 2.31. The van der Waals surface area contributed by atoms with Gasteiger partial charge in [0.05, 0.1) is 12.3 Å². The van der Waals surface area contributed by atoms with E-state index in [9.17, 15) is 5.11 Å². The number of hydrogen-bond acceptors (Lipinski definition) is 3. The third-order valence-corrected chi connectivity index (χ3v) is 3.87. The maximum atomic E-state index is 9.49. The lowest BCUT2D eigenvalue weighted by Crippen LogP contribution is -1.99. The minimum atomic E-state index is -0.106. The highest BCUT2D eigenvalue weighted by molar-refractivity contribution is 6.35. The van der Waals surface area contributed by atoms with Crippen LogP contribution in [0.15, 0.2) is 60.7 Å². The van der Waals surface area contributed by atoms with Crippen molar-refractivity contribution in [3.8, 4) is 17.1 Å². The molecule has 0 atom stereocenters. The first-order valence-electron chi connectivity index (χ1n) is 7.39. The van der Waals surface area contributed by atoms with Gasteiger partial charge in [0.15, 0.2) is 0 Å². The monoisotopic (exact) mass is 359 g/mol. The van der Waals surface area contributed by atoms with E-state index in [-0.39, 0.29) is 6.61 Å². The summed E-state index contributed by atoms with van der Waals surface area (Å²) in [4.78, 5) is 4.50. The van der Waals surface area contributed by atoms with Crippen LogP contribution < -0.4 is 4.74 Å². The molecule has 0 fully saturated rings. The highest BCUT2D eigenvalue weighted by atomic mass is 35.5. The van der Waals surface area contributed by atoms with Crippen LogP contribution in [0.4, 0.5) is 0 Å². The minimum Gasteiger partial charge on any atom is -0.473 e. The zero-order valence-corrected chi connectivity index (χ0v) is 14.3. The lowest BCUT2D eigenvalue weighted by atomic mass is 10.1. The van der Waals surface area contributed by atoms with Gasteiger partial charge in [-0.3, -0.25) is 0 Å². The molecular weight excluding hydrogens is 345 g/mol. The van der Waals surface area contributed by atoms with Gasteiger partial charge in [-0.1, -0.05) is 53.5 Å². The summed E-state index contributed by atoms with van der Waals surface area (Å²) in [7, 11) is 0. The topological polar surface area (TPSA) is 42.4 Å². The molecule has 0 aliphatic rings. The SMILES string of the molecule is OCc1cc(OCc2ccccc2)nc(-c2cc(Cl)cc(Cl)c2)c1. The van der Waals surface area contributed by atoms with E-state index >= 15 is 0 Å². The Morgan fingerprint density at radius 3 is 2.25 bits per heavy atom. The summed E-state index contributed by atoms with van der Waals surface area (Å²) >= 11 is 12.1. The van der Waals surface area contributed by atoms with E-state index in [1.54, 1.807) is 30.3 Å². The van der Waals surface area contributed by atoms with Gasteiger partial charge >= 0.3 is 0 Å². The lowest BCUT2D eigenvalue weighted by Gasteiger charge is -2.10. The number of hydrogen-bond donors (Lipinski definition) is 1. The molecule has 0 amide bonds. The van der Waals surface area contributed by atoms with Crippen LogP contribution in [0.3, 0.4) is 0 Å². The van der Waals surface area contributed by atoms with Crippen LogP contribution in [-0.4, -0.2) is 10.1 Å². The number of rotatable bonds is 5. The number of aliphatic hydroxyl groups excluding tert-OH is 1. The normalized spacial score (nSPS) is 10.6.